The largest absolute Gasteiger partial charge is 1.00 e. The molecule has 0 heterocycles. The van der Waals surface area contributed by atoms with Gasteiger partial charge < -0.3 is 16.5 Å². The van der Waals surface area contributed by atoms with E-state index in [1.54, 1.807) is 12.1 Å². The van der Waals surface area contributed by atoms with Gasteiger partial charge in [0.05, 0.1) is 0 Å². The van der Waals surface area contributed by atoms with Crippen LogP contribution in [0.3, 0.4) is 0 Å². The van der Waals surface area contributed by atoms with E-state index in [9.17, 15) is 14.4 Å². The van der Waals surface area contributed by atoms with Crippen LogP contribution in [0.15, 0.2) is 42.1 Å². The van der Waals surface area contributed by atoms with Crippen molar-refractivity contribution < 1.29 is 65.8 Å². The van der Waals surface area contributed by atoms with Crippen LogP contribution in [0.4, 0.5) is 0 Å². The molecule has 1 aromatic carbocycles. The summed E-state index contributed by atoms with van der Waals surface area (Å²) in [6.45, 7) is 9.33. The van der Waals surface area contributed by atoms with Gasteiger partial charge in [-0.3, -0.25) is 27.6 Å². The summed E-state index contributed by atoms with van der Waals surface area (Å²) in [6, 6.07) is 5.45. The van der Waals surface area contributed by atoms with Gasteiger partial charge in [-0.1, -0.05) is 32.8 Å². The number of hydrogen-bond acceptors (Lipinski definition) is 3. The minimum absolute atomic E-state index is 0. The molecule has 1 aliphatic rings. The van der Waals surface area contributed by atoms with Gasteiger partial charge in [-0.15, -0.1) is 12.1 Å². The molecule has 2 rings (SSSR count). The zero-order valence-corrected chi connectivity index (χ0v) is 21.2. The molecule has 0 radical (unpaired) electrons. The molecule has 152 valence electrons. The van der Waals surface area contributed by atoms with Gasteiger partial charge in [-0.2, -0.15) is 12.8 Å². The first-order valence-electron chi connectivity index (χ1n) is 9.72. The maximum atomic E-state index is 12.0. The van der Waals surface area contributed by atoms with E-state index >= 15 is 0 Å². The number of amides is 1. The van der Waals surface area contributed by atoms with Crippen LogP contribution in [-0.4, -0.2) is 18.0 Å². The third-order valence-corrected chi connectivity index (χ3v) is 4.61. The van der Waals surface area contributed by atoms with Crippen LogP contribution in [0.1, 0.15) is 62.6 Å². The number of benzene rings is 1. The number of allylic oxidation sites excluding steroid dienone is 3. The van der Waals surface area contributed by atoms with Gasteiger partial charge in [-0.25, -0.2) is 11.6 Å². The first-order chi connectivity index (χ1) is 13.4. The Labute approximate surface area is 218 Å². The van der Waals surface area contributed by atoms with E-state index < -0.39 is 0 Å². The second kappa shape index (κ2) is 15.8. The van der Waals surface area contributed by atoms with E-state index in [0.29, 0.717) is 17.7 Å². The molecule has 1 aromatic rings. The van der Waals surface area contributed by atoms with Crippen molar-refractivity contribution in [3.8, 4) is 0 Å². The Balaban J connectivity index is 0.000000606. The molecule has 1 N–H and O–H groups in total. The molecule has 0 saturated heterocycles. The van der Waals surface area contributed by atoms with Gasteiger partial charge in [0.2, 0.25) is 5.91 Å². The second-order valence-corrected chi connectivity index (χ2v) is 6.75. The molecule has 29 heavy (non-hydrogen) atoms. The summed E-state index contributed by atoms with van der Waals surface area (Å²) in [5.41, 5.74) is 2.96. The van der Waals surface area contributed by atoms with Crippen LogP contribution < -0.4 is 56.7 Å². The van der Waals surface area contributed by atoms with Crippen molar-refractivity contribution in [3.63, 3.8) is 0 Å². The molecule has 0 bridgehead atoms. The Morgan fingerprint density at radius 1 is 1.31 bits per heavy atom. The van der Waals surface area contributed by atoms with Crippen molar-refractivity contribution in [3.05, 3.63) is 72.2 Å². The van der Waals surface area contributed by atoms with Crippen molar-refractivity contribution in [2.45, 2.75) is 52.9 Å². The summed E-state index contributed by atoms with van der Waals surface area (Å²) in [5, 5.41) is 2.85. The maximum absolute atomic E-state index is 12.0. The summed E-state index contributed by atoms with van der Waals surface area (Å²) in [5.74, 6) is 0.150. The number of aryl methyl sites for hydroxylation is 1. The monoisotopic (exact) mass is 419 g/mol. The fourth-order valence-electron chi connectivity index (χ4n) is 2.81. The van der Waals surface area contributed by atoms with Gasteiger partial charge >= 0.3 is 51.4 Å². The Bertz CT molecular complexity index is 732. The van der Waals surface area contributed by atoms with Gasteiger partial charge in [-0.05, 0) is 19.3 Å². The number of ketones is 1. The van der Waals surface area contributed by atoms with Crippen molar-refractivity contribution in [2.75, 3.05) is 0 Å². The molecular formula is C24H30KNO3-2. The number of hydrogen-bond donors (Lipinski definition) is 1. The molecule has 4 nitrogen and oxygen atoms in total. The molecule has 5 heteroatoms. The SMILES string of the molecule is C/C=C\C(=C/C(=O)CC)NC(=O)C1CC[CH-]CC1.[CH2-]c1c(C)cccc1[C-]=O.[K+]. The molecule has 1 fully saturated rings. The van der Waals surface area contributed by atoms with Crippen molar-refractivity contribution in [1.29, 1.82) is 0 Å². The van der Waals surface area contributed by atoms with Crippen molar-refractivity contribution in [1.82, 2.24) is 5.32 Å². The zero-order valence-electron chi connectivity index (χ0n) is 18.1. The molecule has 1 saturated carbocycles. The number of carbonyl (C=O) groups excluding carboxylic acids is 3. The third-order valence-electron chi connectivity index (χ3n) is 4.61. The van der Waals surface area contributed by atoms with Crippen LogP contribution in [0, 0.1) is 26.2 Å². The average molecular weight is 420 g/mol. The molecule has 0 aliphatic heterocycles. The minimum atomic E-state index is 0. The fourth-order valence-corrected chi connectivity index (χ4v) is 2.81. The Morgan fingerprint density at radius 2 is 1.97 bits per heavy atom. The van der Waals surface area contributed by atoms with Gasteiger partial charge in [0, 0.05) is 24.1 Å². The molecule has 1 amide bonds. The van der Waals surface area contributed by atoms with Gasteiger partial charge in [0.15, 0.2) is 5.78 Å². The topological polar surface area (TPSA) is 63.2 Å². The van der Waals surface area contributed by atoms with E-state index in [-0.39, 0.29) is 69.0 Å². The molecule has 1 aliphatic carbocycles. The summed E-state index contributed by atoms with van der Waals surface area (Å²) < 4.78 is 0. The average Bonchev–Trinajstić information content (AvgIpc) is 2.71. The van der Waals surface area contributed by atoms with E-state index in [0.717, 1.165) is 36.8 Å². The predicted molar refractivity (Wildman–Crippen MR) is 113 cm³/mol. The fraction of sp³-hybridized carbons (Fsp3) is 0.375. The Kier molecular flexibility index (Phi) is 15.3. The first kappa shape index (κ1) is 28.0. The molecule has 0 unspecified atom stereocenters. The summed E-state index contributed by atoms with van der Waals surface area (Å²) in [6.07, 6.45) is 13.4. The number of nitrogens with one attached hydrogen (secondary N) is 1. The number of rotatable bonds is 6. The van der Waals surface area contributed by atoms with Crippen LogP contribution in [0.2, 0.25) is 0 Å². The van der Waals surface area contributed by atoms with Crippen LogP contribution in [0.5, 0.6) is 0 Å². The number of carbonyl (C=O) groups is 2. The van der Waals surface area contributed by atoms with E-state index in [1.165, 1.54) is 6.08 Å². The quantitative estimate of drug-likeness (QED) is 0.330. The van der Waals surface area contributed by atoms with Crippen LogP contribution in [0.25, 0.3) is 0 Å². The van der Waals surface area contributed by atoms with Crippen LogP contribution in [-0.2, 0) is 14.4 Å². The first-order valence-corrected chi connectivity index (χ1v) is 9.72. The standard InChI is InChI=1S/C15H22NO2.C9H8O.K/c1-3-8-13(11-14(17)4-2)16-15(18)12-9-6-5-7-10-12;1-7-4-3-5-9(6-10)8(7)2;/h3,5,8,11-12H,4,6-7,9-10H2,1-2H3,(H,16,18);3-5H,2H2,1H3;/q-1;-2;+1/b8-3-,13-11+;;. The smallest absolute Gasteiger partial charge is 0.391 e. The third kappa shape index (κ3) is 10.6. The van der Waals surface area contributed by atoms with Gasteiger partial charge in [0.25, 0.3) is 0 Å². The zero-order chi connectivity index (χ0) is 20.9. The minimum Gasteiger partial charge on any atom is -0.391 e. The van der Waals surface area contributed by atoms with E-state index in [1.807, 2.05) is 45.3 Å². The molecule has 0 spiro atoms. The van der Waals surface area contributed by atoms with E-state index in [2.05, 4.69) is 18.7 Å². The summed E-state index contributed by atoms with van der Waals surface area (Å²) in [7, 11) is 0. The second-order valence-electron chi connectivity index (χ2n) is 6.75. The van der Waals surface area contributed by atoms with Gasteiger partial charge in [0.1, 0.15) is 0 Å². The molecule has 0 atom stereocenters. The predicted octanol–water partition coefficient (Wildman–Crippen LogP) is 1.58. The van der Waals surface area contributed by atoms with Crippen molar-refractivity contribution >= 4 is 18.0 Å². The maximum Gasteiger partial charge on any atom is 1.00 e. The molecular weight excluding hydrogens is 389 g/mol. The summed E-state index contributed by atoms with van der Waals surface area (Å²) >= 11 is 0. The normalized spacial score (nSPS) is 14.4. The van der Waals surface area contributed by atoms with E-state index in [4.69, 9.17) is 0 Å². The summed E-state index contributed by atoms with van der Waals surface area (Å²) in [4.78, 5) is 33.6. The van der Waals surface area contributed by atoms with Crippen LogP contribution >= 0.6 is 0 Å². The van der Waals surface area contributed by atoms with Crippen molar-refractivity contribution in [2.24, 2.45) is 5.92 Å². The Hall–Kier alpha value is -0.984. The Morgan fingerprint density at radius 3 is 2.48 bits per heavy atom. The molecule has 0 aromatic heterocycles.